The van der Waals surface area contributed by atoms with Gasteiger partial charge < -0.3 is 9.30 Å². The number of nitrogens with zero attached hydrogens (tertiary/aromatic N) is 5. The number of sulfonamides is 1. The van der Waals surface area contributed by atoms with Crippen molar-refractivity contribution in [2.75, 3.05) is 26.2 Å². The predicted octanol–water partition coefficient (Wildman–Crippen LogP) is 1.81. The highest BCUT2D eigenvalue weighted by Crippen LogP contribution is 2.25. The van der Waals surface area contributed by atoms with Crippen molar-refractivity contribution >= 4 is 22.2 Å². The molecule has 0 aliphatic carbocycles. The molecule has 1 aromatic heterocycles. The van der Waals surface area contributed by atoms with Gasteiger partial charge in [-0.3, -0.25) is 4.90 Å². The van der Waals surface area contributed by atoms with Crippen molar-refractivity contribution in [3.8, 4) is 5.75 Å². The highest BCUT2D eigenvalue weighted by Gasteiger charge is 2.32. The fourth-order valence-electron chi connectivity index (χ4n) is 2.78. The second-order valence-electron chi connectivity index (χ2n) is 6.21. The molecule has 0 spiro atoms. The molecule has 1 fully saturated rings. The molecule has 1 aromatic carbocycles. The van der Waals surface area contributed by atoms with Crippen molar-refractivity contribution in [1.29, 1.82) is 0 Å². The van der Waals surface area contributed by atoms with E-state index in [1.165, 1.54) is 4.31 Å². The topological polar surface area (TPSA) is 72.6 Å². The number of aryl methyl sites for hydroxylation is 1. The zero-order chi connectivity index (χ0) is 20.5. The molecule has 1 aliphatic rings. The number of alkyl halides is 3. The molecule has 0 unspecified atom stereocenters. The van der Waals surface area contributed by atoms with Crippen LogP contribution in [-0.2, 0) is 23.7 Å². The number of aromatic nitrogens is 3. The first kappa shape index (κ1) is 20.8. The Hall–Kier alpha value is -1.96. The molecule has 1 aliphatic heterocycles. The van der Waals surface area contributed by atoms with E-state index in [0.29, 0.717) is 24.5 Å². The number of ether oxygens (including phenoxy) is 1. The Morgan fingerprint density at radius 2 is 1.75 bits per heavy atom. The van der Waals surface area contributed by atoms with Gasteiger partial charge in [0.25, 0.3) is 0 Å². The summed E-state index contributed by atoms with van der Waals surface area (Å²) in [4.78, 5) is 1.94. The zero-order valence-electron chi connectivity index (χ0n) is 14.8. The summed E-state index contributed by atoms with van der Waals surface area (Å²) < 4.78 is 71.1. The Morgan fingerprint density at radius 3 is 2.25 bits per heavy atom. The maximum absolute atomic E-state index is 12.7. The Balaban J connectivity index is 1.62. The van der Waals surface area contributed by atoms with E-state index in [-0.39, 0.29) is 18.0 Å². The molecule has 1 saturated heterocycles. The van der Waals surface area contributed by atoms with Crippen LogP contribution in [0.1, 0.15) is 0 Å². The van der Waals surface area contributed by atoms with Crippen LogP contribution in [0.15, 0.2) is 35.5 Å². The maximum atomic E-state index is 12.7. The first-order valence-corrected chi connectivity index (χ1v) is 10.1. The Morgan fingerprint density at radius 1 is 1.14 bits per heavy atom. The molecule has 0 saturated carbocycles. The number of benzene rings is 1. The molecule has 2 heterocycles. The van der Waals surface area contributed by atoms with E-state index in [4.69, 9.17) is 12.2 Å². The SMILES string of the molecule is Cn1cnn(CN2CCN(S(=O)(=O)c3ccc(OC(F)(F)F)cc3)CC2)c1=S. The summed E-state index contributed by atoms with van der Waals surface area (Å²) in [5.74, 6) is -0.469. The van der Waals surface area contributed by atoms with E-state index in [2.05, 4.69) is 9.84 Å². The first-order chi connectivity index (χ1) is 13.1. The standard InChI is InChI=1S/C15H18F3N5O3S2/c1-20-10-19-23(14(20)27)11-21-6-8-22(9-7-21)28(24,25)13-4-2-12(3-5-13)26-15(16,17)18/h2-5,10H,6-9,11H2,1H3. The quantitative estimate of drug-likeness (QED) is 0.665. The highest BCUT2D eigenvalue weighted by atomic mass is 32.2. The number of rotatable bonds is 5. The summed E-state index contributed by atoms with van der Waals surface area (Å²) in [5.41, 5.74) is 0. The van der Waals surface area contributed by atoms with E-state index < -0.39 is 22.1 Å². The van der Waals surface area contributed by atoms with Crippen molar-refractivity contribution < 1.29 is 26.3 Å². The lowest BCUT2D eigenvalue weighted by atomic mass is 10.3. The van der Waals surface area contributed by atoms with Crippen LogP contribution >= 0.6 is 12.2 Å². The van der Waals surface area contributed by atoms with Gasteiger partial charge in [0, 0.05) is 33.2 Å². The Bertz CT molecular complexity index is 978. The highest BCUT2D eigenvalue weighted by molar-refractivity contribution is 7.89. The number of hydrogen-bond donors (Lipinski definition) is 0. The van der Waals surface area contributed by atoms with Crippen LogP contribution in [0.25, 0.3) is 0 Å². The molecular weight excluding hydrogens is 419 g/mol. The third-order valence-electron chi connectivity index (χ3n) is 4.25. The summed E-state index contributed by atoms with van der Waals surface area (Å²) in [7, 11) is -2.01. The van der Waals surface area contributed by atoms with E-state index in [1.807, 2.05) is 4.90 Å². The molecule has 8 nitrogen and oxygen atoms in total. The minimum absolute atomic E-state index is 0.0811. The average Bonchev–Trinajstić information content (AvgIpc) is 2.93. The van der Waals surface area contributed by atoms with Crippen molar-refractivity contribution in [3.05, 3.63) is 35.4 Å². The van der Waals surface area contributed by atoms with Gasteiger partial charge in [0.15, 0.2) is 4.77 Å². The minimum Gasteiger partial charge on any atom is -0.406 e. The number of halogens is 3. The van der Waals surface area contributed by atoms with E-state index in [1.54, 1.807) is 22.6 Å². The molecule has 0 amide bonds. The Kier molecular flexibility index (Phi) is 5.79. The van der Waals surface area contributed by atoms with Gasteiger partial charge in [0.2, 0.25) is 10.0 Å². The maximum Gasteiger partial charge on any atom is 0.573 e. The van der Waals surface area contributed by atoms with E-state index in [0.717, 1.165) is 24.3 Å². The lowest BCUT2D eigenvalue weighted by Crippen LogP contribution is -2.48. The number of hydrogen-bond acceptors (Lipinski definition) is 6. The summed E-state index contributed by atoms with van der Waals surface area (Å²) in [5, 5.41) is 4.17. The van der Waals surface area contributed by atoms with Crippen LogP contribution in [0, 0.1) is 4.77 Å². The van der Waals surface area contributed by atoms with Crippen molar-refractivity contribution in [3.63, 3.8) is 0 Å². The molecule has 0 N–H and O–H groups in total. The van der Waals surface area contributed by atoms with E-state index in [9.17, 15) is 21.6 Å². The van der Waals surface area contributed by atoms with Crippen molar-refractivity contribution in [2.45, 2.75) is 17.9 Å². The third-order valence-corrected chi connectivity index (χ3v) is 6.66. The van der Waals surface area contributed by atoms with Gasteiger partial charge >= 0.3 is 6.36 Å². The van der Waals surface area contributed by atoms with Gasteiger partial charge in [-0.15, -0.1) is 13.2 Å². The minimum atomic E-state index is -4.83. The molecular formula is C15H18F3N5O3S2. The summed E-state index contributed by atoms with van der Waals surface area (Å²) >= 11 is 5.23. The lowest BCUT2D eigenvalue weighted by Gasteiger charge is -2.33. The molecule has 0 radical (unpaired) electrons. The van der Waals surface area contributed by atoms with Gasteiger partial charge in [0.1, 0.15) is 12.1 Å². The fraction of sp³-hybridized carbons (Fsp3) is 0.467. The zero-order valence-corrected chi connectivity index (χ0v) is 16.5. The van der Waals surface area contributed by atoms with Crippen molar-refractivity contribution in [2.24, 2.45) is 7.05 Å². The van der Waals surface area contributed by atoms with Crippen LogP contribution < -0.4 is 4.74 Å². The largest absolute Gasteiger partial charge is 0.573 e. The smallest absolute Gasteiger partial charge is 0.406 e. The second kappa shape index (κ2) is 7.81. The summed E-state index contributed by atoms with van der Waals surface area (Å²) in [6, 6.07) is 4.19. The van der Waals surface area contributed by atoms with Crippen LogP contribution in [0.5, 0.6) is 5.75 Å². The monoisotopic (exact) mass is 437 g/mol. The third kappa shape index (κ3) is 4.71. The Labute approximate surface area is 164 Å². The number of piperazine rings is 1. The molecule has 13 heteroatoms. The van der Waals surface area contributed by atoms with Gasteiger partial charge in [-0.05, 0) is 36.5 Å². The van der Waals surface area contributed by atoms with Gasteiger partial charge in [-0.2, -0.15) is 9.40 Å². The van der Waals surface area contributed by atoms with Crippen LogP contribution in [0.4, 0.5) is 13.2 Å². The van der Waals surface area contributed by atoms with Gasteiger partial charge in [0.05, 0.1) is 11.6 Å². The second-order valence-corrected chi connectivity index (χ2v) is 8.51. The van der Waals surface area contributed by atoms with Gasteiger partial charge in [-0.1, -0.05) is 0 Å². The average molecular weight is 437 g/mol. The summed E-state index contributed by atoms with van der Waals surface area (Å²) in [6.45, 7) is 1.92. The van der Waals surface area contributed by atoms with Crippen LogP contribution in [-0.4, -0.2) is 64.5 Å². The fourth-order valence-corrected chi connectivity index (χ4v) is 4.35. The molecule has 28 heavy (non-hydrogen) atoms. The van der Waals surface area contributed by atoms with E-state index >= 15 is 0 Å². The lowest BCUT2D eigenvalue weighted by molar-refractivity contribution is -0.274. The van der Waals surface area contributed by atoms with Crippen LogP contribution in [0.3, 0.4) is 0 Å². The normalized spacial score (nSPS) is 17.0. The predicted molar refractivity (Wildman–Crippen MR) is 95.5 cm³/mol. The molecule has 0 bridgehead atoms. The summed E-state index contributed by atoms with van der Waals surface area (Å²) in [6.07, 6.45) is -3.22. The first-order valence-electron chi connectivity index (χ1n) is 8.23. The van der Waals surface area contributed by atoms with Gasteiger partial charge in [-0.25, -0.2) is 13.1 Å². The molecule has 3 rings (SSSR count). The molecule has 154 valence electrons. The van der Waals surface area contributed by atoms with Crippen molar-refractivity contribution in [1.82, 2.24) is 23.6 Å². The molecule has 2 aromatic rings. The molecule has 0 atom stereocenters. The van der Waals surface area contributed by atoms with Crippen LogP contribution in [0.2, 0.25) is 0 Å².